The molecule has 0 bridgehead atoms. The second kappa shape index (κ2) is 3.79. The predicted octanol–water partition coefficient (Wildman–Crippen LogP) is 3.36. The van der Waals surface area contributed by atoms with Crippen LogP contribution in [0.15, 0.2) is 48.8 Å². The number of pyridine rings is 1. The molecule has 0 amide bonds. The van der Waals surface area contributed by atoms with E-state index in [-0.39, 0.29) is 5.75 Å². The van der Waals surface area contributed by atoms with Crippen molar-refractivity contribution in [3.8, 4) is 17.1 Å². The first kappa shape index (κ1) is 10.2. The van der Waals surface area contributed by atoms with Crippen LogP contribution in [0.25, 0.3) is 16.9 Å². The fraction of sp³-hybridized carbons (Fsp3) is 0. The predicted molar refractivity (Wildman–Crippen MR) is 67.3 cm³/mol. The molecule has 0 atom stereocenters. The van der Waals surface area contributed by atoms with Gasteiger partial charge in [-0.25, -0.2) is 4.98 Å². The third-order valence-electron chi connectivity index (χ3n) is 2.65. The van der Waals surface area contributed by atoms with Crippen molar-refractivity contribution in [2.75, 3.05) is 0 Å². The molecule has 0 aliphatic rings. The van der Waals surface area contributed by atoms with Gasteiger partial charge >= 0.3 is 0 Å². The van der Waals surface area contributed by atoms with Crippen LogP contribution in [-0.2, 0) is 0 Å². The molecule has 0 radical (unpaired) electrons. The molecule has 17 heavy (non-hydrogen) atoms. The van der Waals surface area contributed by atoms with Crippen molar-refractivity contribution in [3.63, 3.8) is 0 Å². The molecule has 2 heterocycles. The number of nitrogens with zero attached hydrogens (tertiary/aromatic N) is 2. The minimum Gasteiger partial charge on any atom is -0.506 e. The first-order chi connectivity index (χ1) is 8.25. The number of imidazole rings is 1. The lowest BCUT2D eigenvalue weighted by Gasteiger charge is -2.02. The van der Waals surface area contributed by atoms with E-state index in [9.17, 15) is 5.11 Å². The van der Waals surface area contributed by atoms with Gasteiger partial charge in [-0.1, -0.05) is 11.6 Å². The summed E-state index contributed by atoms with van der Waals surface area (Å²) < 4.78 is 1.85. The Kier molecular flexibility index (Phi) is 2.27. The summed E-state index contributed by atoms with van der Waals surface area (Å²) in [5.41, 5.74) is 1.65. The summed E-state index contributed by atoms with van der Waals surface area (Å²) in [7, 11) is 0. The summed E-state index contributed by atoms with van der Waals surface area (Å²) in [6.07, 6.45) is 3.52. The minimum absolute atomic E-state index is 0.222. The number of aromatic nitrogens is 2. The lowest BCUT2D eigenvalue weighted by atomic mass is 10.2. The molecule has 1 aromatic carbocycles. The molecule has 0 unspecified atom stereocenters. The highest BCUT2D eigenvalue weighted by atomic mass is 35.5. The Bertz CT molecular complexity index is 673. The first-order valence-corrected chi connectivity index (χ1v) is 5.54. The molecule has 0 spiro atoms. The van der Waals surface area contributed by atoms with Crippen molar-refractivity contribution in [3.05, 3.63) is 53.8 Å². The van der Waals surface area contributed by atoms with Gasteiger partial charge in [0.15, 0.2) is 0 Å². The van der Waals surface area contributed by atoms with Crippen molar-refractivity contribution in [1.82, 2.24) is 9.38 Å². The molecule has 0 fully saturated rings. The molecule has 2 aromatic heterocycles. The number of aromatic hydroxyl groups is 1. The normalized spacial score (nSPS) is 10.9. The molecule has 0 aliphatic carbocycles. The summed E-state index contributed by atoms with van der Waals surface area (Å²) in [6.45, 7) is 0. The van der Waals surface area contributed by atoms with E-state index in [1.54, 1.807) is 18.3 Å². The van der Waals surface area contributed by atoms with Crippen LogP contribution in [0, 0.1) is 0 Å². The van der Waals surface area contributed by atoms with Crippen molar-refractivity contribution < 1.29 is 5.11 Å². The summed E-state index contributed by atoms with van der Waals surface area (Å²) in [5, 5.41) is 10.4. The Morgan fingerprint density at radius 1 is 1.12 bits per heavy atom. The highest BCUT2D eigenvalue weighted by Crippen LogP contribution is 2.25. The largest absolute Gasteiger partial charge is 0.506 e. The van der Waals surface area contributed by atoms with E-state index in [1.165, 1.54) is 0 Å². The molecule has 84 valence electrons. The van der Waals surface area contributed by atoms with Gasteiger partial charge in [0.25, 0.3) is 0 Å². The number of hydrogen-bond acceptors (Lipinski definition) is 2. The van der Waals surface area contributed by atoms with E-state index in [1.807, 2.05) is 34.9 Å². The second-order valence-corrected chi connectivity index (χ2v) is 4.17. The topological polar surface area (TPSA) is 37.5 Å². The summed E-state index contributed by atoms with van der Waals surface area (Å²) in [5.74, 6) is 1.01. The maximum absolute atomic E-state index is 9.69. The average Bonchev–Trinajstić information content (AvgIpc) is 2.75. The number of benzene rings is 1. The van der Waals surface area contributed by atoms with Crippen molar-refractivity contribution >= 4 is 17.1 Å². The van der Waals surface area contributed by atoms with Gasteiger partial charge in [0, 0.05) is 16.8 Å². The molecule has 3 rings (SSSR count). The summed E-state index contributed by atoms with van der Waals surface area (Å²) in [6, 6.07) is 10.9. The van der Waals surface area contributed by atoms with Gasteiger partial charge in [-0.2, -0.15) is 0 Å². The molecule has 1 N–H and O–H groups in total. The van der Waals surface area contributed by atoms with Gasteiger partial charge in [-0.05, 0) is 36.4 Å². The minimum atomic E-state index is 0.222. The second-order valence-electron chi connectivity index (χ2n) is 3.74. The number of hydrogen-bond donors (Lipinski definition) is 1. The average molecular weight is 245 g/mol. The molecule has 4 heteroatoms. The zero-order chi connectivity index (χ0) is 11.8. The smallest absolute Gasteiger partial charge is 0.144 e. The van der Waals surface area contributed by atoms with Gasteiger partial charge in [-0.3, -0.25) is 4.40 Å². The zero-order valence-electron chi connectivity index (χ0n) is 8.84. The molecule has 0 saturated heterocycles. The van der Waals surface area contributed by atoms with Gasteiger partial charge in [-0.15, -0.1) is 0 Å². The van der Waals surface area contributed by atoms with E-state index in [2.05, 4.69) is 4.98 Å². The number of rotatable bonds is 1. The Morgan fingerprint density at radius 2 is 1.88 bits per heavy atom. The SMILES string of the molecule is Oc1cccn2c(-c3ccc(Cl)cc3)ncc12. The van der Waals surface area contributed by atoms with Crippen LogP contribution in [0.3, 0.4) is 0 Å². The summed E-state index contributed by atoms with van der Waals surface area (Å²) in [4.78, 5) is 4.32. The highest BCUT2D eigenvalue weighted by molar-refractivity contribution is 6.30. The molecule has 0 aliphatic heterocycles. The lowest BCUT2D eigenvalue weighted by Crippen LogP contribution is -1.88. The third kappa shape index (κ3) is 1.65. The van der Waals surface area contributed by atoms with Crippen molar-refractivity contribution in [2.45, 2.75) is 0 Å². The van der Waals surface area contributed by atoms with E-state index in [0.29, 0.717) is 10.5 Å². The van der Waals surface area contributed by atoms with E-state index in [4.69, 9.17) is 11.6 Å². The van der Waals surface area contributed by atoms with Crippen LogP contribution in [0.1, 0.15) is 0 Å². The van der Waals surface area contributed by atoms with Gasteiger partial charge in [0.05, 0.1) is 6.20 Å². The summed E-state index contributed by atoms with van der Waals surface area (Å²) >= 11 is 5.85. The number of fused-ring (bicyclic) bond motifs is 1. The molecular weight excluding hydrogens is 236 g/mol. The Morgan fingerprint density at radius 3 is 2.65 bits per heavy atom. The van der Waals surface area contributed by atoms with Gasteiger partial charge < -0.3 is 5.11 Å². The van der Waals surface area contributed by atoms with Crippen LogP contribution in [0.2, 0.25) is 5.02 Å². The Balaban J connectivity index is 2.24. The Hall–Kier alpha value is -2.00. The first-order valence-electron chi connectivity index (χ1n) is 5.17. The van der Waals surface area contributed by atoms with Crippen LogP contribution in [-0.4, -0.2) is 14.5 Å². The van der Waals surface area contributed by atoms with E-state index < -0.39 is 0 Å². The maximum Gasteiger partial charge on any atom is 0.144 e. The number of halogens is 1. The van der Waals surface area contributed by atoms with E-state index in [0.717, 1.165) is 11.4 Å². The maximum atomic E-state index is 9.69. The molecule has 0 saturated carbocycles. The van der Waals surface area contributed by atoms with Gasteiger partial charge in [0.2, 0.25) is 0 Å². The van der Waals surface area contributed by atoms with Crippen LogP contribution < -0.4 is 0 Å². The van der Waals surface area contributed by atoms with Crippen LogP contribution in [0.4, 0.5) is 0 Å². The molecular formula is C13H9ClN2O. The van der Waals surface area contributed by atoms with Crippen molar-refractivity contribution in [1.29, 1.82) is 0 Å². The quantitative estimate of drug-likeness (QED) is 0.713. The zero-order valence-corrected chi connectivity index (χ0v) is 9.59. The van der Waals surface area contributed by atoms with Gasteiger partial charge in [0.1, 0.15) is 17.1 Å². The standard InChI is InChI=1S/C13H9ClN2O/c14-10-5-3-9(4-6-10)13-15-8-11-12(17)2-1-7-16(11)13/h1-8,17H. The fourth-order valence-electron chi connectivity index (χ4n) is 1.82. The monoisotopic (exact) mass is 244 g/mol. The molecule has 3 aromatic rings. The lowest BCUT2D eigenvalue weighted by molar-refractivity contribution is 0.479. The van der Waals surface area contributed by atoms with Crippen LogP contribution >= 0.6 is 11.6 Å². The van der Waals surface area contributed by atoms with E-state index >= 15 is 0 Å². The third-order valence-corrected chi connectivity index (χ3v) is 2.90. The van der Waals surface area contributed by atoms with Crippen molar-refractivity contribution in [2.24, 2.45) is 0 Å². The Labute approximate surface area is 103 Å². The fourth-order valence-corrected chi connectivity index (χ4v) is 1.95. The molecule has 3 nitrogen and oxygen atoms in total. The highest BCUT2D eigenvalue weighted by Gasteiger charge is 2.08. The van der Waals surface area contributed by atoms with Crippen LogP contribution in [0.5, 0.6) is 5.75 Å².